The molecule has 0 N–H and O–H groups in total. The van der Waals surface area contributed by atoms with Crippen LogP contribution in [0.1, 0.15) is 33.1 Å². The van der Waals surface area contributed by atoms with Crippen molar-refractivity contribution in [3.63, 3.8) is 0 Å². The van der Waals surface area contributed by atoms with Gasteiger partial charge >= 0.3 is 5.97 Å². The highest BCUT2D eigenvalue weighted by atomic mass is 32.2. The van der Waals surface area contributed by atoms with E-state index in [1.807, 2.05) is 0 Å². The van der Waals surface area contributed by atoms with Gasteiger partial charge in [0, 0.05) is 13.1 Å². The molecule has 1 aliphatic heterocycles. The van der Waals surface area contributed by atoms with Gasteiger partial charge in [0.1, 0.15) is 12.6 Å². The Bertz CT molecular complexity index is 477. The number of carbonyl (C=O) groups excluding carboxylic acids is 2. The van der Waals surface area contributed by atoms with Crippen LogP contribution in [-0.2, 0) is 24.3 Å². The molecule has 1 unspecified atom stereocenters. The molecular formula is C13H24N2O5S. The van der Waals surface area contributed by atoms with Crippen molar-refractivity contribution < 1.29 is 22.7 Å². The number of sulfonamides is 1. The summed E-state index contributed by atoms with van der Waals surface area (Å²) in [7, 11) is -3.43. The fourth-order valence-electron chi connectivity index (χ4n) is 2.47. The molecule has 0 aromatic carbocycles. The van der Waals surface area contributed by atoms with Crippen molar-refractivity contribution in [2.45, 2.75) is 39.2 Å². The van der Waals surface area contributed by atoms with E-state index in [9.17, 15) is 18.0 Å². The van der Waals surface area contributed by atoms with E-state index in [1.165, 1.54) is 9.21 Å². The number of carbonyl (C=O) groups is 2. The molecule has 7 nitrogen and oxygen atoms in total. The van der Waals surface area contributed by atoms with E-state index in [0.29, 0.717) is 19.5 Å². The van der Waals surface area contributed by atoms with Gasteiger partial charge in [-0.15, -0.1) is 0 Å². The lowest BCUT2D eigenvalue weighted by Crippen LogP contribution is -2.53. The van der Waals surface area contributed by atoms with E-state index in [1.54, 1.807) is 13.8 Å². The van der Waals surface area contributed by atoms with Crippen molar-refractivity contribution in [1.29, 1.82) is 0 Å². The zero-order chi connectivity index (χ0) is 16.0. The molecule has 1 atom stereocenters. The predicted octanol–water partition coefficient (Wildman–Crippen LogP) is 0.212. The molecule has 0 aromatic rings. The molecule has 122 valence electrons. The summed E-state index contributed by atoms with van der Waals surface area (Å²) < 4.78 is 29.7. The van der Waals surface area contributed by atoms with E-state index >= 15 is 0 Å². The number of amides is 1. The third-order valence-electron chi connectivity index (χ3n) is 3.48. The Hall–Kier alpha value is -1.15. The first kappa shape index (κ1) is 17.9. The molecule has 1 saturated heterocycles. The summed E-state index contributed by atoms with van der Waals surface area (Å²) in [4.78, 5) is 25.4. The van der Waals surface area contributed by atoms with Gasteiger partial charge in [-0.25, -0.2) is 8.42 Å². The van der Waals surface area contributed by atoms with Gasteiger partial charge in [0.25, 0.3) is 0 Å². The lowest BCUT2D eigenvalue weighted by Gasteiger charge is -2.35. The van der Waals surface area contributed by atoms with Crippen LogP contribution in [0.4, 0.5) is 0 Å². The predicted molar refractivity (Wildman–Crippen MR) is 78.1 cm³/mol. The van der Waals surface area contributed by atoms with Gasteiger partial charge in [-0.1, -0.05) is 6.42 Å². The topological polar surface area (TPSA) is 84.0 Å². The number of hydrogen-bond acceptors (Lipinski definition) is 5. The minimum Gasteiger partial charge on any atom is -0.465 e. The molecule has 0 aromatic heterocycles. The Kier molecular flexibility index (Phi) is 6.60. The van der Waals surface area contributed by atoms with Gasteiger partial charge in [0.2, 0.25) is 15.9 Å². The second kappa shape index (κ2) is 7.74. The fourth-order valence-corrected chi connectivity index (χ4v) is 3.59. The Morgan fingerprint density at radius 2 is 1.95 bits per heavy atom. The minimum atomic E-state index is -3.43. The maximum absolute atomic E-state index is 12.5. The normalized spacial score (nSPS) is 20.0. The monoisotopic (exact) mass is 320 g/mol. The number of nitrogens with zero attached hydrogens (tertiary/aromatic N) is 2. The maximum atomic E-state index is 12.5. The van der Waals surface area contributed by atoms with Gasteiger partial charge in [-0.3, -0.25) is 9.59 Å². The van der Waals surface area contributed by atoms with Crippen LogP contribution in [-0.4, -0.2) is 68.0 Å². The molecule has 1 fully saturated rings. The Morgan fingerprint density at radius 3 is 2.48 bits per heavy atom. The summed E-state index contributed by atoms with van der Waals surface area (Å²) >= 11 is 0. The van der Waals surface area contributed by atoms with Crippen molar-refractivity contribution in [2.24, 2.45) is 0 Å². The van der Waals surface area contributed by atoms with Crippen molar-refractivity contribution in [2.75, 3.05) is 32.5 Å². The third kappa shape index (κ3) is 4.96. The first-order chi connectivity index (χ1) is 9.81. The Balaban J connectivity index is 2.84. The summed E-state index contributed by atoms with van der Waals surface area (Å²) in [6, 6.07) is -0.705. The quantitative estimate of drug-likeness (QED) is 0.653. The van der Waals surface area contributed by atoms with Crippen LogP contribution in [0, 0.1) is 0 Å². The van der Waals surface area contributed by atoms with Gasteiger partial charge in [-0.2, -0.15) is 4.31 Å². The SMILES string of the molecule is CCOC(=O)CN(CC)C(=O)C1CCCCN1S(C)(=O)=O. The van der Waals surface area contributed by atoms with Crippen LogP contribution >= 0.6 is 0 Å². The molecule has 0 radical (unpaired) electrons. The molecule has 1 aliphatic rings. The second-order valence-corrected chi connectivity index (χ2v) is 6.98. The number of ether oxygens (including phenoxy) is 1. The van der Waals surface area contributed by atoms with Crippen LogP contribution in [0.25, 0.3) is 0 Å². The van der Waals surface area contributed by atoms with Crippen molar-refractivity contribution in [3.8, 4) is 0 Å². The second-order valence-electron chi connectivity index (χ2n) is 5.04. The van der Waals surface area contributed by atoms with E-state index < -0.39 is 22.0 Å². The number of piperidine rings is 1. The molecule has 1 heterocycles. The molecule has 0 aliphatic carbocycles. The van der Waals surface area contributed by atoms with Crippen LogP contribution in [0.5, 0.6) is 0 Å². The van der Waals surface area contributed by atoms with Gasteiger partial charge in [-0.05, 0) is 26.7 Å². The average molecular weight is 320 g/mol. The number of rotatable bonds is 6. The summed E-state index contributed by atoms with van der Waals surface area (Å²) in [6.07, 6.45) is 3.16. The summed E-state index contributed by atoms with van der Waals surface area (Å²) in [5.41, 5.74) is 0. The molecule has 21 heavy (non-hydrogen) atoms. The summed E-state index contributed by atoms with van der Waals surface area (Å²) in [5, 5.41) is 0. The minimum absolute atomic E-state index is 0.142. The Labute approximate surface area is 126 Å². The third-order valence-corrected chi connectivity index (χ3v) is 4.77. The van der Waals surface area contributed by atoms with E-state index in [0.717, 1.165) is 19.1 Å². The zero-order valence-corrected chi connectivity index (χ0v) is 13.7. The molecule has 0 spiro atoms. The number of hydrogen-bond donors (Lipinski definition) is 0. The highest BCUT2D eigenvalue weighted by Gasteiger charge is 2.36. The first-order valence-electron chi connectivity index (χ1n) is 7.22. The van der Waals surface area contributed by atoms with Crippen molar-refractivity contribution in [1.82, 2.24) is 9.21 Å². The van der Waals surface area contributed by atoms with Crippen LogP contribution in [0.2, 0.25) is 0 Å². The standard InChI is InChI=1S/C13H24N2O5S/c1-4-14(10-12(16)20-5-2)13(17)11-8-6-7-9-15(11)21(3,18)19/h11H,4-10H2,1-3H3. The molecule has 1 amide bonds. The van der Waals surface area contributed by atoms with Gasteiger partial charge < -0.3 is 9.64 Å². The molecule has 0 bridgehead atoms. The fraction of sp³-hybridized carbons (Fsp3) is 0.846. The maximum Gasteiger partial charge on any atom is 0.325 e. The van der Waals surface area contributed by atoms with E-state index in [4.69, 9.17) is 4.74 Å². The van der Waals surface area contributed by atoms with E-state index in [-0.39, 0.29) is 19.1 Å². The Morgan fingerprint density at radius 1 is 1.29 bits per heavy atom. The van der Waals surface area contributed by atoms with Crippen LogP contribution in [0.15, 0.2) is 0 Å². The van der Waals surface area contributed by atoms with E-state index in [2.05, 4.69) is 0 Å². The molecular weight excluding hydrogens is 296 g/mol. The first-order valence-corrected chi connectivity index (χ1v) is 9.07. The number of likely N-dealkylation sites (N-methyl/N-ethyl adjacent to an activating group) is 1. The highest BCUT2D eigenvalue weighted by molar-refractivity contribution is 7.88. The number of esters is 1. The lowest BCUT2D eigenvalue weighted by atomic mass is 10.0. The lowest BCUT2D eigenvalue weighted by molar-refractivity contribution is -0.150. The molecule has 0 saturated carbocycles. The largest absolute Gasteiger partial charge is 0.465 e. The smallest absolute Gasteiger partial charge is 0.325 e. The average Bonchev–Trinajstić information content (AvgIpc) is 2.43. The van der Waals surface area contributed by atoms with Crippen LogP contribution in [0.3, 0.4) is 0 Å². The summed E-state index contributed by atoms with van der Waals surface area (Å²) in [6.45, 7) is 4.26. The van der Waals surface area contributed by atoms with Gasteiger partial charge in [0.05, 0.1) is 12.9 Å². The van der Waals surface area contributed by atoms with Crippen molar-refractivity contribution >= 4 is 21.9 Å². The van der Waals surface area contributed by atoms with Crippen molar-refractivity contribution in [3.05, 3.63) is 0 Å². The molecule has 1 rings (SSSR count). The summed E-state index contributed by atoms with van der Waals surface area (Å²) in [5.74, 6) is -0.801. The van der Waals surface area contributed by atoms with Gasteiger partial charge in [0.15, 0.2) is 0 Å². The van der Waals surface area contributed by atoms with Crippen LogP contribution < -0.4 is 0 Å². The highest BCUT2D eigenvalue weighted by Crippen LogP contribution is 2.21. The molecule has 8 heteroatoms. The zero-order valence-electron chi connectivity index (χ0n) is 12.9.